The number of ketones is 1. The third-order valence-electron chi connectivity index (χ3n) is 1.26. The molecule has 0 aliphatic heterocycles. The molecule has 12 heavy (non-hydrogen) atoms. The van der Waals surface area contributed by atoms with Gasteiger partial charge in [-0.1, -0.05) is 0 Å². The Kier molecular flexibility index (Phi) is 1.99. The molecule has 1 aliphatic carbocycles. The smallest absolute Gasteiger partial charge is 0.235 e. The van der Waals surface area contributed by atoms with Gasteiger partial charge in [0.1, 0.15) is 0 Å². The van der Waals surface area contributed by atoms with Crippen molar-refractivity contribution in [1.82, 2.24) is 0 Å². The van der Waals surface area contributed by atoms with Crippen molar-refractivity contribution < 1.29 is 26.7 Å². The van der Waals surface area contributed by atoms with Gasteiger partial charge in [-0.15, -0.1) is 0 Å². The van der Waals surface area contributed by atoms with E-state index < -0.39 is 35.3 Å². The van der Waals surface area contributed by atoms with Crippen LogP contribution in [0.5, 0.6) is 0 Å². The summed E-state index contributed by atoms with van der Waals surface area (Å²) >= 11 is 0. The number of hydrogen-bond acceptors (Lipinski definition) is 1. The fourth-order valence-corrected chi connectivity index (χ4v) is 0.647. The van der Waals surface area contributed by atoms with E-state index in [0.717, 1.165) is 0 Å². The molecule has 0 fully saturated rings. The molecule has 1 rings (SSSR count). The topological polar surface area (TPSA) is 17.1 Å². The van der Waals surface area contributed by atoms with Gasteiger partial charge < -0.3 is 0 Å². The highest BCUT2D eigenvalue weighted by Crippen LogP contribution is 2.32. The lowest BCUT2D eigenvalue weighted by molar-refractivity contribution is -0.121. The van der Waals surface area contributed by atoms with Crippen LogP contribution >= 0.6 is 0 Å². The molecule has 1 unspecified atom stereocenters. The summed E-state index contributed by atoms with van der Waals surface area (Å²) in [6.07, 6.45) is -3.07. The Balaban J connectivity index is 3.27. The Morgan fingerprint density at radius 1 is 0.917 bits per heavy atom. The van der Waals surface area contributed by atoms with Crippen molar-refractivity contribution in [2.45, 2.75) is 6.17 Å². The zero-order chi connectivity index (χ0) is 9.46. The molecule has 0 aromatic heterocycles. The number of carbonyl (C=O) groups is 1. The van der Waals surface area contributed by atoms with E-state index in [-0.39, 0.29) is 0 Å². The molecule has 0 saturated carbocycles. The van der Waals surface area contributed by atoms with Gasteiger partial charge in [-0.25, -0.2) is 17.6 Å². The summed E-state index contributed by atoms with van der Waals surface area (Å²) in [5, 5.41) is 0. The number of Topliss-reactive ketones (excluding diaryl/α,β-unsaturated/α-hetero) is 1. The minimum atomic E-state index is -3.07. The Hall–Kier alpha value is -1.20. The number of alkyl halides is 1. The van der Waals surface area contributed by atoms with E-state index in [4.69, 9.17) is 0 Å². The molecular weight excluding hydrogens is 183 g/mol. The summed E-state index contributed by atoms with van der Waals surface area (Å²) in [6.45, 7) is 0. The average Bonchev–Trinajstić information content (AvgIpc) is 2.08. The second-order valence-electron chi connectivity index (χ2n) is 2.02. The molecule has 6 heteroatoms. The van der Waals surface area contributed by atoms with Crippen molar-refractivity contribution in [3.63, 3.8) is 0 Å². The van der Waals surface area contributed by atoms with Crippen molar-refractivity contribution >= 4 is 5.78 Å². The predicted octanol–water partition coefficient (Wildman–Crippen LogP) is 2.21. The highest BCUT2D eigenvalue weighted by Gasteiger charge is 2.38. The first-order valence-corrected chi connectivity index (χ1v) is 2.76. The van der Waals surface area contributed by atoms with Gasteiger partial charge in [0.05, 0.1) is 0 Å². The summed E-state index contributed by atoms with van der Waals surface area (Å²) < 4.78 is 60.6. The number of carbonyl (C=O) groups excluding carboxylic acids is 1. The lowest BCUT2D eigenvalue weighted by atomic mass is 10.1. The largest absolute Gasteiger partial charge is 0.288 e. The molecule has 0 bridgehead atoms. The van der Waals surface area contributed by atoms with Crippen molar-refractivity contribution in [3.05, 3.63) is 23.3 Å². The maximum Gasteiger partial charge on any atom is 0.235 e. The lowest BCUT2D eigenvalue weighted by Crippen LogP contribution is -2.22. The van der Waals surface area contributed by atoms with E-state index in [2.05, 4.69) is 0 Å². The molecule has 1 nitrogen and oxygen atoms in total. The summed E-state index contributed by atoms with van der Waals surface area (Å²) in [7, 11) is 0. The van der Waals surface area contributed by atoms with Crippen molar-refractivity contribution in [2.75, 3.05) is 0 Å². The molecule has 66 valence electrons. The van der Waals surface area contributed by atoms with Crippen molar-refractivity contribution in [2.24, 2.45) is 0 Å². The number of allylic oxidation sites excluding steroid dienone is 4. The van der Waals surface area contributed by atoms with Crippen molar-refractivity contribution in [3.8, 4) is 0 Å². The highest BCUT2D eigenvalue weighted by molar-refractivity contribution is 6.00. The van der Waals surface area contributed by atoms with Gasteiger partial charge in [0, 0.05) is 0 Å². The first kappa shape index (κ1) is 8.89. The minimum absolute atomic E-state index is 2.04. The van der Waals surface area contributed by atoms with Crippen LogP contribution in [0.15, 0.2) is 23.3 Å². The fraction of sp³-hybridized carbons (Fsp3) is 0.167. The Bertz CT molecular complexity index is 303. The molecule has 0 spiro atoms. The zero-order valence-corrected chi connectivity index (χ0v) is 5.38. The van der Waals surface area contributed by atoms with Crippen LogP contribution in [0.4, 0.5) is 22.0 Å². The van der Waals surface area contributed by atoms with E-state index in [1.54, 1.807) is 0 Å². The van der Waals surface area contributed by atoms with E-state index in [1.165, 1.54) is 0 Å². The van der Waals surface area contributed by atoms with Crippen LogP contribution in [0.1, 0.15) is 0 Å². The Morgan fingerprint density at radius 3 is 1.92 bits per heavy atom. The maximum atomic E-state index is 12.2. The van der Waals surface area contributed by atoms with Gasteiger partial charge >= 0.3 is 0 Å². The molecule has 0 radical (unpaired) electrons. The van der Waals surface area contributed by atoms with E-state index >= 15 is 0 Å². The zero-order valence-electron chi connectivity index (χ0n) is 5.38. The summed E-state index contributed by atoms with van der Waals surface area (Å²) in [5.74, 6) is -11.1. The van der Waals surface area contributed by atoms with Crippen LogP contribution in [-0.4, -0.2) is 12.0 Å². The maximum absolute atomic E-state index is 12.2. The predicted molar refractivity (Wildman–Crippen MR) is 28.4 cm³/mol. The summed E-state index contributed by atoms with van der Waals surface area (Å²) in [4.78, 5) is 10.2. The number of rotatable bonds is 0. The molecule has 0 amide bonds. The van der Waals surface area contributed by atoms with Crippen molar-refractivity contribution in [1.29, 1.82) is 0 Å². The quantitative estimate of drug-likeness (QED) is 0.527. The molecule has 0 N–H and O–H groups in total. The van der Waals surface area contributed by atoms with Crippen LogP contribution in [0.25, 0.3) is 0 Å². The van der Waals surface area contributed by atoms with E-state index in [9.17, 15) is 26.7 Å². The molecule has 0 saturated heterocycles. The van der Waals surface area contributed by atoms with Gasteiger partial charge in [0.15, 0.2) is 11.7 Å². The standard InChI is InChI=1S/C6HF5O/c7-1-2(8)4(10)6(12)5(11)3(1)9/h4H. The van der Waals surface area contributed by atoms with E-state index in [1.807, 2.05) is 0 Å². The Morgan fingerprint density at radius 2 is 1.42 bits per heavy atom. The highest BCUT2D eigenvalue weighted by atomic mass is 19.2. The second kappa shape index (κ2) is 2.69. The third-order valence-corrected chi connectivity index (χ3v) is 1.26. The molecule has 0 aromatic rings. The van der Waals surface area contributed by atoms with Gasteiger partial charge in [-0.05, 0) is 0 Å². The molecule has 0 aromatic carbocycles. The third kappa shape index (κ3) is 1.03. The van der Waals surface area contributed by atoms with Gasteiger partial charge in [-0.2, -0.15) is 4.39 Å². The SMILES string of the molecule is O=C1C(F)=C(F)C(F)=C(F)C1F. The molecular formula is C6HF5O. The monoisotopic (exact) mass is 184 g/mol. The van der Waals surface area contributed by atoms with Gasteiger partial charge in [-0.3, -0.25) is 4.79 Å². The van der Waals surface area contributed by atoms with Crippen LogP contribution in [-0.2, 0) is 4.79 Å². The molecule has 0 heterocycles. The fourth-order valence-electron chi connectivity index (χ4n) is 0.647. The second-order valence-corrected chi connectivity index (χ2v) is 2.02. The normalized spacial score (nSPS) is 25.4. The summed E-state index contributed by atoms with van der Waals surface area (Å²) in [5.41, 5.74) is 0. The van der Waals surface area contributed by atoms with Crippen LogP contribution in [0.2, 0.25) is 0 Å². The van der Waals surface area contributed by atoms with Crippen LogP contribution in [0.3, 0.4) is 0 Å². The van der Waals surface area contributed by atoms with Gasteiger partial charge in [0.2, 0.25) is 23.6 Å². The minimum Gasteiger partial charge on any atom is -0.288 e. The molecule has 1 aliphatic rings. The van der Waals surface area contributed by atoms with Crippen LogP contribution in [0, 0.1) is 0 Å². The summed E-state index contributed by atoms with van der Waals surface area (Å²) in [6, 6.07) is 0. The van der Waals surface area contributed by atoms with Gasteiger partial charge in [0.25, 0.3) is 0 Å². The Labute approximate surface area is 63.2 Å². The van der Waals surface area contributed by atoms with Crippen LogP contribution < -0.4 is 0 Å². The average molecular weight is 184 g/mol. The molecule has 1 atom stereocenters. The first-order valence-electron chi connectivity index (χ1n) is 2.76. The lowest BCUT2D eigenvalue weighted by Gasteiger charge is -2.09. The van der Waals surface area contributed by atoms with E-state index in [0.29, 0.717) is 0 Å². The first-order chi connectivity index (χ1) is 5.46. The number of hydrogen-bond donors (Lipinski definition) is 0. The number of halogens is 5.